The standard InChI is InChI=1S/C13H18BrN3/c1-2-3-4-5-6-7-12-16-11-8-10(14)9-15-13(11)17-12/h8-9H,2-7H2,1H3,(H,15,16,17). The minimum atomic E-state index is 0.816. The van der Waals surface area contributed by atoms with Gasteiger partial charge in [-0.3, -0.25) is 0 Å². The van der Waals surface area contributed by atoms with Gasteiger partial charge in [-0.1, -0.05) is 32.6 Å². The molecule has 17 heavy (non-hydrogen) atoms. The molecule has 2 rings (SSSR count). The number of nitrogens with zero attached hydrogens (tertiary/aromatic N) is 2. The molecule has 92 valence electrons. The fraction of sp³-hybridized carbons (Fsp3) is 0.538. The van der Waals surface area contributed by atoms with Crippen LogP contribution in [-0.2, 0) is 6.42 Å². The Kier molecular flexibility index (Phi) is 4.54. The van der Waals surface area contributed by atoms with Crippen molar-refractivity contribution in [1.82, 2.24) is 15.0 Å². The van der Waals surface area contributed by atoms with Crippen molar-refractivity contribution < 1.29 is 0 Å². The highest BCUT2D eigenvalue weighted by atomic mass is 79.9. The number of aromatic amines is 1. The molecule has 0 fully saturated rings. The molecule has 0 atom stereocenters. The zero-order valence-corrected chi connectivity index (χ0v) is 11.8. The first-order valence-electron chi connectivity index (χ1n) is 6.29. The van der Waals surface area contributed by atoms with Gasteiger partial charge in [-0.2, -0.15) is 0 Å². The lowest BCUT2D eigenvalue weighted by Crippen LogP contribution is -1.88. The maximum absolute atomic E-state index is 4.48. The van der Waals surface area contributed by atoms with Crippen LogP contribution in [-0.4, -0.2) is 15.0 Å². The minimum absolute atomic E-state index is 0.816. The van der Waals surface area contributed by atoms with Crippen LogP contribution in [0.1, 0.15) is 44.9 Å². The highest BCUT2D eigenvalue weighted by Gasteiger charge is 2.03. The number of halogens is 1. The Morgan fingerprint density at radius 3 is 2.88 bits per heavy atom. The molecule has 0 spiro atoms. The second-order valence-corrected chi connectivity index (χ2v) is 5.29. The summed E-state index contributed by atoms with van der Waals surface area (Å²) in [5.74, 6) is 1.06. The van der Waals surface area contributed by atoms with E-state index in [1.807, 2.05) is 6.07 Å². The Hall–Kier alpha value is -0.900. The maximum atomic E-state index is 4.48. The summed E-state index contributed by atoms with van der Waals surface area (Å²) in [6.07, 6.45) is 9.28. The molecule has 0 aliphatic carbocycles. The molecular weight excluding hydrogens is 278 g/mol. The lowest BCUT2D eigenvalue weighted by Gasteiger charge is -1.97. The Labute approximate surface area is 110 Å². The van der Waals surface area contributed by atoms with Gasteiger partial charge in [0.2, 0.25) is 0 Å². The fourth-order valence-electron chi connectivity index (χ4n) is 1.94. The smallest absolute Gasteiger partial charge is 0.177 e. The summed E-state index contributed by atoms with van der Waals surface area (Å²) in [6, 6.07) is 2.02. The van der Waals surface area contributed by atoms with Gasteiger partial charge >= 0.3 is 0 Å². The SMILES string of the molecule is CCCCCCCc1nc2ncc(Br)cc2[nH]1. The van der Waals surface area contributed by atoms with Crippen LogP contribution in [0.3, 0.4) is 0 Å². The average molecular weight is 296 g/mol. The average Bonchev–Trinajstić information content (AvgIpc) is 2.70. The molecule has 0 aliphatic heterocycles. The van der Waals surface area contributed by atoms with Gasteiger partial charge in [0.15, 0.2) is 5.65 Å². The summed E-state index contributed by atoms with van der Waals surface area (Å²) in [5.41, 5.74) is 1.83. The zero-order valence-electron chi connectivity index (χ0n) is 10.2. The molecule has 4 heteroatoms. The van der Waals surface area contributed by atoms with Gasteiger partial charge in [-0.15, -0.1) is 0 Å². The second-order valence-electron chi connectivity index (χ2n) is 4.37. The van der Waals surface area contributed by atoms with Crippen molar-refractivity contribution in [3.8, 4) is 0 Å². The molecule has 2 heterocycles. The second kappa shape index (κ2) is 6.15. The topological polar surface area (TPSA) is 41.6 Å². The third-order valence-corrected chi connectivity index (χ3v) is 3.30. The number of aryl methyl sites for hydroxylation is 1. The minimum Gasteiger partial charge on any atom is -0.341 e. The van der Waals surface area contributed by atoms with Crippen LogP contribution in [0.4, 0.5) is 0 Å². The molecule has 3 nitrogen and oxygen atoms in total. The number of fused-ring (bicyclic) bond motifs is 1. The summed E-state index contributed by atoms with van der Waals surface area (Å²) in [5, 5.41) is 0. The largest absolute Gasteiger partial charge is 0.341 e. The maximum Gasteiger partial charge on any atom is 0.177 e. The molecule has 0 saturated heterocycles. The predicted octanol–water partition coefficient (Wildman–Crippen LogP) is 4.23. The first kappa shape index (κ1) is 12.6. The molecule has 2 aromatic heterocycles. The van der Waals surface area contributed by atoms with Crippen molar-refractivity contribution in [1.29, 1.82) is 0 Å². The van der Waals surface area contributed by atoms with E-state index in [4.69, 9.17) is 0 Å². The number of imidazole rings is 1. The van der Waals surface area contributed by atoms with Crippen LogP contribution >= 0.6 is 15.9 Å². The normalized spacial score (nSPS) is 11.2. The fourth-order valence-corrected chi connectivity index (χ4v) is 2.27. The van der Waals surface area contributed by atoms with E-state index in [9.17, 15) is 0 Å². The van der Waals surface area contributed by atoms with Crippen molar-refractivity contribution in [2.45, 2.75) is 45.4 Å². The summed E-state index contributed by atoms with van der Waals surface area (Å²) < 4.78 is 0.989. The highest BCUT2D eigenvalue weighted by molar-refractivity contribution is 9.10. The van der Waals surface area contributed by atoms with Gasteiger partial charge in [-0.05, 0) is 28.4 Å². The molecule has 0 aromatic carbocycles. The van der Waals surface area contributed by atoms with Crippen molar-refractivity contribution in [2.75, 3.05) is 0 Å². The number of nitrogens with one attached hydrogen (secondary N) is 1. The van der Waals surface area contributed by atoms with E-state index in [0.29, 0.717) is 0 Å². The number of pyridine rings is 1. The summed E-state index contributed by atoms with van der Waals surface area (Å²) in [6.45, 7) is 2.24. The van der Waals surface area contributed by atoms with E-state index in [-0.39, 0.29) is 0 Å². The van der Waals surface area contributed by atoms with Crippen molar-refractivity contribution >= 4 is 27.1 Å². The predicted molar refractivity (Wildman–Crippen MR) is 74.1 cm³/mol. The molecule has 0 bridgehead atoms. The molecule has 2 aromatic rings. The molecule has 1 N–H and O–H groups in total. The number of unbranched alkanes of at least 4 members (excludes halogenated alkanes) is 4. The van der Waals surface area contributed by atoms with Crippen LogP contribution in [0.5, 0.6) is 0 Å². The van der Waals surface area contributed by atoms with Crippen LogP contribution < -0.4 is 0 Å². The van der Waals surface area contributed by atoms with Crippen molar-refractivity contribution in [2.24, 2.45) is 0 Å². The highest BCUT2D eigenvalue weighted by Crippen LogP contribution is 2.16. The number of rotatable bonds is 6. The van der Waals surface area contributed by atoms with Gasteiger partial charge < -0.3 is 4.98 Å². The van der Waals surface area contributed by atoms with Crippen LogP contribution in [0.15, 0.2) is 16.7 Å². The van der Waals surface area contributed by atoms with E-state index in [1.165, 1.54) is 32.1 Å². The van der Waals surface area contributed by atoms with Gasteiger partial charge in [-0.25, -0.2) is 9.97 Å². The number of H-pyrrole nitrogens is 1. The Morgan fingerprint density at radius 2 is 2.06 bits per heavy atom. The zero-order chi connectivity index (χ0) is 12.1. The molecule has 0 radical (unpaired) electrons. The lowest BCUT2D eigenvalue weighted by molar-refractivity contribution is 0.625. The van der Waals surface area contributed by atoms with Gasteiger partial charge in [0, 0.05) is 17.1 Å². The van der Waals surface area contributed by atoms with Crippen molar-refractivity contribution in [3.05, 3.63) is 22.6 Å². The van der Waals surface area contributed by atoms with E-state index < -0.39 is 0 Å². The van der Waals surface area contributed by atoms with Crippen LogP contribution in [0.2, 0.25) is 0 Å². The van der Waals surface area contributed by atoms with Crippen LogP contribution in [0.25, 0.3) is 11.2 Å². The Bertz CT molecular complexity index is 478. The van der Waals surface area contributed by atoms with Crippen molar-refractivity contribution in [3.63, 3.8) is 0 Å². The third kappa shape index (κ3) is 3.53. The summed E-state index contributed by atoms with van der Waals surface area (Å²) in [4.78, 5) is 12.1. The number of aromatic nitrogens is 3. The quantitative estimate of drug-likeness (QED) is 0.810. The molecular formula is C13H18BrN3. The van der Waals surface area contributed by atoms with E-state index in [1.54, 1.807) is 6.20 Å². The van der Waals surface area contributed by atoms with E-state index in [2.05, 4.69) is 37.8 Å². The first-order chi connectivity index (χ1) is 8.29. The number of hydrogen-bond donors (Lipinski definition) is 1. The monoisotopic (exact) mass is 295 g/mol. The van der Waals surface area contributed by atoms with E-state index >= 15 is 0 Å². The third-order valence-electron chi connectivity index (χ3n) is 2.87. The summed E-state index contributed by atoms with van der Waals surface area (Å²) >= 11 is 3.41. The summed E-state index contributed by atoms with van der Waals surface area (Å²) in [7, 11) is 0. The molecule has 0 unspecified atom stereocenters. The lowest BCUT2D eigenvalue weighted by atomic mass is 10.1. The molecule has 0 aliphatic rings. The molecule has 0 amide bonds. The van der Waals surface area contributed by atoms with E-state index in [0.717, 1.165) is 27.9 Å². The Balaban J connectivity index is 1.91. The first-order valence-corrected chi connectivity index (χ1v) is 7.09. The molecule has 0 saturated carbocycles. The van der Waals surface area contributed by atoms with Gasteiger partial charge in [0.1, 0.15) is 5.82 Å². The van der Waals surface area contributed by atoms with Crippen LogP contribution in [0, 0.1) is 0 Å². The van der Waals surface area contributed by atoms with Gasteiger partial charge in [0.05, 0.1) is 5.52 Å². The Morgan fingerprint density at radius 1 is 1.24 bits per heavy atom. The number of hydrogen-bond acceptors (Lipinski definition) is 2. The van der Waals surface area contributed by atoms with Gasteiger partial charge in [0.25, 0.3) is 0 Å².